The first kappa shape index (κ1) is 13.9. The second-order valence-corrected chi connectivity index (χ2v) is 4.22. The minimum atomic E-state index is -0.238. The summed E-state index contributed by atoms with van der Waals surface area (Å²) in [7, 11) is 1.51. The minimum absolute atomic E-state index is 0.238. The van der Waals surface area contributed by atoms with Crippen molar-refractivity contribution >= 4 is 11.6 Å². The van der Waals surface area contributed by atoms with Crippen molar-refractivity contribution in [2.75, 3.05) is 19.4 Å². The van der Waals surface area contributed by atoms with E-state index in [2.05, 4.69) is 20.5 Å². The van der Waals surface area contributed by atoms with Crippen LogP contribution in [0.5, 0.6) is 5.75 Å². The van der Waals surface area contributed by atoms with Gasteiger partial charge in [-0.15, -0.1) is 0 Å². The van der Waals surface area contributed by atoms with Gasteiger partial charge in [0.1, 0.15) is 23.5 Å². The van der Waals surface area contributed by atoms with E-state index in [4.69, 9.17) is 10.5 Å². The second kappa shape index (κ2) is 6.55. The van der Waals surface area contributed by atoms with Gasteiger partial charge in [-0.05, 0) is 18.6 Å². The van der Waals surface area contributed by atoms with Gasteiger partial charge >= 0.3 is 0 Å². The summed E-state index contributed by atoms with van der Waals surface area (Å²) in [6.07, 6.45) is 2.95. The van der Waals surface area contributed by atoms with Gasteiger partial charge in [0.15, 0.2) is 0 Å². The van der Waals surface area contributed by atoms with Gasteiger partial charge in [-0.2, -0.15) is 5.10 Å². The predicted molar refractivity (Wildman–Crippen MR) is 74.4 cm³/mol. The molecule has 0 aliphatic carbocycles. The first-order chi connectivity index (χ1) is 9.72. The summed E-state index contributed by atoms with van der Waals surface area (Å²) in [5, 5.41) is 9.35. The summed E-state index contributed by atoms with van der Waals surface area (Å²) in [6, 6.07) is 5.13. The van der Waals surface area contributed by atoms with Crippen molar-refractivity contribution < 1.29 is 9.53 Å². The molecule has 0 saturated carbocycles. The van der Waals surface area contributed by atoms with Crippen molar-refractivity contribution in [3.63, 3.8) is 0 Å². The van der Waals surface area contributed by atoms with E-state index in [0.29, 0.717) is 23.5 Å². The molecule has 0 aliphatic rings. The fourth-order valence-corrected chi connectivity index (χ4v) is 1.86. The molecule has 2 rings (SSSR count). The van der Waals surface area contributed by atoms with Gasteiger partial charge in [0.2, 0.25) is 0 Å². The number of nitrogens with one attached hydrogen (secondary N) is 2. The number of benzene rings is 1. The van der Waals surface area contributed by atoms with Gasteiger partial charge in [-0.3, -0.25) is 9.89 Å². The number of aromatic nitrogens is 3. The largest absolute Gasteiger partial charge is 0.496 e. The molecule has 4 N–H and O–H groups in total. The molecule has 20 heavy (non-hydrogen) atoms. The number of nitrogen functional groups attached to an aromatic ring is 1. The van der Waals surface area contributed by atoms with E-state index >= 15 is 0 Å². The van der Waals surface area contributed by atoms with Crippen LogP contribution in [-0.4, -0.2) is 34.7 Å². The summed E-state index contributed by atoms with van der Waals surface area (Å²) in [4.78, 5) is 16.1. The zero-order valence-corrected chi connectivity index (χ0v) is 11.2. The van der Waals surface area contributed by atoms with Crippen molar-refractivity contribution in [1.29, 1.82) is 0 Å². The highest BCUT2D eigenvalue weighted by Gasteiger charge is 2.14. The van der Waals surface area contributed by atoms with Gasteiger partial charge in [-0.25, -0.2) is 4.98 Å². The molecule has 7 nitrogen and oxygen atoms in total. The van der Waals surface area contributed by atoms with Crippen LogP contribution in [0.15, 0.2) is 24.5 Å². The molecular formula is C13H17N5O2. The topological polar surface area (TPSA) is 106 Å². The third kappa shape index (κ3) is 3.25. The van der Waals surface area contributed by atoms with Crippen molar-refractivity contribution in [3.05, 3.63) is 35.9 Å². The van der Waals surface area contributed by atoms with Crippen molar-refractivity contribution in [3.8, 4) is 5.75 Å². The number of hydrogen-bond acceptors (Lipinski definition) is 5. The Labute approximate surface area is 116 Å². The standard InChI is InChI=1S/C13H17N5O2/c1-20-10-5-2-4-9(14)12(10)13(19)15-7-3-6-11-16-8-17-18-11/h2,4-5,8H,3,6-7,14H2,1H3,(H,15,19)(H,16,17,18). The molecule has 2 aromatic rings. The van der Waals surface area contributed by atoms with Gasteiger partial charge in [0.25, 0.3) is 5.91 Å². The highest BCUT2D eigenvalue weighted by atomic mass is 16.5. The van der Waals surface area contributed by atoms with Crippen molar-refractivity contribution in [2.24, 2.45) is 0 Å². The molecular weight excluding hydrogens is 258 g/mol. The first-order valence-electron chi connectivity index (χ1n) is 6.27. The average molecular weight is 275 g/mol. The number of rotatable bonds is 6. The van der Waals surface area contributed by atoms with Crippen LogP contribution in [0.4, 0.5) is 5.69 Å². The summed E-state index contributed by atoms with van der Waals surface area (Å²) in [6.45, 7) is 0.525. The summed E-state index contributed by atoms with van der Waals surface area (Å²) in [5.74, 6) is 1.03. The van der Waals surface area contributed by atoms with E-state index < -0.39 is 0 Å². The van der Waals surface area contributed by atoms with Crippen LogP contribution in [0.3, 0.4) is 0 Å². The molecule has 0 aliphatic heterocycles. The zero-order valence-electron chi connectivity index (χ0n) is 11.2. The quantitative estimate of drug-likeness (QED) is 0.533. The van der Waals surface area contributed by atoms with E-state index in [-0.39, 0.29) is 5.91 Å². The Morgan fingerprint density at radius 1 is 1.50 bits per heavy atom. The maximum absolute atomic E-state index is 12.1. The molecule has 0 atom stereocenters. The number of ether oxygens (including phenoxy) is 1. The summed E-state index contributed by atoms with van der Waals surface area (Å²) >= 11 is 0. The number of nitrogens with zero attached hydrogens (tertiary/aromatic N) is 2. The first-order valence-corrected chi connectivity index (χ1v) is 6.27. The molecule has 0 saturated heterocycles. The maximum atomic E-state index is 12.1. The molecule has 0 spiro atoms. The van der Waals surface area contributed by atoms with Crippen LogP contribution in [0, 0.1) is 0 Å². The molecule has 0 bridgehead atoms. The lowest BCUT2D eigenvalue weighted by Gasteiger charge is -2.11. The molecule has 7 heteroatoms. The molecule has 1 aromatic carbocycles. The molecule has 106 valence electrons. The Morgan fingerprint density at radius 3 is 3.05 bits per heavy atom. The molecule has 0 unspecified atom stereocenters. The smallest absolute Gasteiger partial charge is 0.257 e. The number of hydrogen-bond donors (Lipinski definition) is 3. The molecule has 1 amide bonds. The van der Waals surface area contributed by atoms with Crippen molar-refractivity contribution in [2.45, 2.75) is 12.8 Å². The van der Waals surface area contributed by atoms with Gasteiger partial charge in [0.05, 0.1) is 7.11 Å². The van der Waals surface area contributed by atoms with Crippen LogP contribution >= 0.6 is 0 Å². The second-order valence-electron chi connectivity index (χ2n) is 4.22. The minimum Gasteiger partial charge on any atom is -0.496 e. The van der Waals surface area contributed by atoms with Gasteiger partial charge in [0, 0.05) is 18.7 Å². The van der Waals surface area contributed by atoms with E-state index in [0.717, 1.165) is 18.7 Å². The number of carbonyl (C=O) groups excluding carboxylic acids is 1. The third-order valence-electron chi connectivity index (χ3n) is 2.85. The highest BCUT2D eigenvalue weighted by molar-refractivity contribution is 6.01. The number of anilines is 1. The molecule has 1 heterocycles. The summed E-state index contributed by atoms with van der Waals surface area (Å²) in [5.41, 5.74) is 6.59. The Kier molecular flexibility index (Phi) is 4.54. The predicted octanol–water partition coefficient (Wildman–Crippen LogP) is 0.758. The van der Waals surface area contributed by atoms with E-state index in [1.54, 1.807) is 18.2 Å². The van der Waals surface area contributed by atoms with Gasteiger partial charge < -0.3 is 15.8 Å². The number of methoxy groups -OCH3 is 1. The average Bonchev–Trinajstić information content (AvgIpc) is 2.96. The van der Waals surface area contributed by atoms with Crippen LogP contribution in [0.1, 0.15) is 22.6 Å². The number of H-pyrrole nitrogens is 1. The Hall–Kier alpha value is -2.57. The molecule has 0 radical (unpaired) electrons. The monoisotopic (exact) mass is 275 g/mol. The Balaban J connectivity index is 1.89. The molecule has 0 fully saturated rings. The number of amides is 1. The SMILES string of the molecule is COc1cccc(N)c1C(=O)NCCCc1ncn[nH]1. The summed E-state index contributed by atoms with van der Waals surface area (Å²) < 4.78 is 5.15. The van der Waals surface area contributed by atoms with Gasteiger partial charge in [-0.1, -0.05) is 6.07 Å². The number of aryl methyl sites for hydroxylation is 1. The lowest BCUT2D eigenvalue weighted by molar-refractivity contribution is 0.0951. The molecule has 1 aromatic heterocycles. The van der Waals surface area contributed by atoms with Crippen LogP contribution in [0.2, 0.25) is 0 Å². The zero-order chi connectivity index (χ0) is 14.4. The van der Waals surface area contributed by atoms with E-state index in [9.17, 15) is 4.79 Å². The normalized spacial score (nSPS) is 10.2. The fraction of sp³-hybridized carbons (Fsp3) is 0.308. The van der Waals surface area contributed by atoms with E-state index in [1.807, 2.05) is 0 Å². The Morgan fingerprint density at radius 2 is 2.35 bits per heavy atom. The Bertz CT molecular complexity index is 568. The van der Waals surface area contributed by atoms with Crippen LogP contribution in [0.25, 0.3) is 0 Å². The van der Waals surface area contributed by atoms with Crippen molar-refractivity contribution in [1.82, 2.24) is 20.5 Å². The number of aromatic amines is 1. The third-order valence-corrected chi connectivity index (χ3v) is 2.85. The number of carbonyl (C=O) groups is 1. The highest BCUT2D eigenvalue weighted by Crippen LogP contribution is 2.23. The lowest BCUT2D eigenvalue weighted by atomic mass is 10.1. The fourth-order valence-electron chi connectivity index (χ4n) is 1.86. The number of nitrogens with two attached hydrogens (primary N) is 1. The maximum Gasteiger partial charge on any atom is 0.257 e. The lowest BCUT2D eigenvalue weighted by Crippen LogP contribution is -2.26. The van der Waals surface area contributed by atoms with E-state index in [1.165, 1.54) is 13.4 Å². The van der Waals surface area contributed by atoms with Crippen LogP contribution < -0.4 is 15.8 Å². The van der Waals surface area contributed by atoms with Crippen LogP contribution in [-0.2, 0) is 6.42 Å².